The minimum Gasteiger partial charge on any atom is -0.340 e. The fraction of sp³-hybridized carbons (Fsp3) is 0.500. The fourth-order valence-electron chi connectivity index (χ4n) is 5.59. The highest BCUT2D eigenvalue weighted by atomic mass is 79.9. The zero-order valence-corrected chi connectivity index (χ0v) is 34.9. The molecule has 4 atom stereocenters. The van der Waals surface area contributed by atoms with E-state index in [-0.39, 0.29) is 28.3 Å². The van der Waals surface area contributed by atoms with Gasteiger partial charge in [-0.25, -0.2) is 15.0 Å². The van der Waals surface area contributed by atoms with Crippen LogP contribution < -0.4 is 16.3 Å². The zero-order valence-electron chi connectivity index (χ0n) is 27.5. The van der Waals surface area contributed by atoms with Gasteiger partial charge in [-0.1, -0.05) is 61.6 Å². The lowest BCUT2D eigenvalue weighted by atomic mass is 10.0. The van der Waals surface area contributed by atoms with E-state index >= 15 is 0 Å². The molecule has 0 aliphatic carbocycles. The second kappa shape index (κ2) is 16.3. The van der Waals surface area contributed by atoms with E-state index in [0.29, 0.717) is 82.9 Å². The molecular formula is C30H42Br3N6O6P3. The summed E-state index contributed by atoms with van der Waals surface area (Å²) >= 11 is 10.5. The predicted molar refractivity (Wildman–Crippen MR) is 202 cm³/mol. The molecule has 4 rings (SSSR count). The summed E-state index contributed by atoms with van der Waals surface area (Å²) in [5.74, 6) is 0.220. The average Bonchev–Trinajstić information content (AvgIpc) is 3.01. The van der Waals surface area contributed by atoms with Crippen LogP contribution in [0.15, 0.2) is 49.8 Å². The minimum absolute atomic E-state index is 0.0504. The molecule has 0 amide bonds. The Morgan fingerprint density at radius 2 is 1.00 bits per heavy atom. The Hall–Kier alpha value is -0.660. The highest BCUT2D eigenvalue weighted by Gasteiger charge is 2.29. The van der Waals surface area contributed by atoms with Gasteiger partial charge in [-0.3, -0.25) is 28.4 Å². The lowest BCUT2D eigenvalue weighted by Crippen LogP contribution is -2.47. The van der Waals surface area contributed by atoms with Gasteiger partial charge in [0.05, 0.1) is 17.1 Å². The number of pyridine rings is 3. The van der Waals surface area contributed by atoms with Gasteiger partial charge >= 0.3 is 0 Å². The van der Waals surface area contributed by atoms with Crippen molar-refractivity contribution < 1.29 is 28.4 Å². The second-order valence-electron chi connectivity index (χ2n) is 12.8. The average molecular weight is 915 g/mol. The summed E-state index contributed by atoms with van der Waals surface area (Å²) in [4.78, 5) is 51.4. The molecule has 3 unspecified atom stereocenters. The molecule has 0 spiro atoms. The van der Waals surface area contributed by atoms with Crippen LogP contribution in [0.3, 0.4) is 0 Å². The number of hydrogen-bond acceptors (Lipinski definition) is 9. The second-order valence-corrected chi connectivity index (χ2v) is 22.2. The van der Waals surface area contributed by atoms with E-state index in [1.165, 1.54) is 20.0 Å². The van der Waals surface area contributed by atoms with Crippen LogP contribution in [-0.4, -0.2) is 103 Å². The first-order chi connectivity index (χ1) is 22.2. The summed E-state index contributed by atoms with van der Waals surface area (Å²) < 4.78 is 39.6. The highest BCUT2D eigenvalue weighted by Crippen LogP contribution is 2.36. The monoisotopic (exact) mass is 912 g/mol. The van der Waals surface area contributed by atoms with E-state index in [1.54, 1.807) is 18.2 Å². The highest BCUT2D eigenvalue weighted by molar-refractivity contribution is 9.11. The minimum atomic E-state index is -3.59. The van der Waals surface area contributed by atoms with Gasteiger partial charge in [0.1, 0.15) is 16.3 Å². The molecule has 264 valence electrons. The molecule has 1 aliphatic rings. The maximum absolute atomic E-state index is 12.5. The van der Waals surface area contributed by atoms with Gasteiger partial charge in [-0.2, -0.15) is 0 Å². The Labute approximate surface area is 307 Å². The van der Waals surface area contributed by atoms with Crippen LogP contribution in [0, 0.1) is 5.92 Å². The summed E-state index contributed by atoms with van der Waals surface area (Å²) in [5.41, 5.74) is 2.41. The Balaban J connectivity index is 1.72. The molecule has 3 N–H and O–H groups in total. The molecule has 18 heteroatoms. The smallest absolute Gasteiger partial charge is 0.244 e. The molecule has 3 aromatic rings. The third-order valence-corrected chi connectivity index (χ3v) is 12.6. The number of aromatic nitrogens is 3. The van der Waals surface area contributed by atoms with Gasteiger partial charge in [0, 0.05) is 91.8 Å². The fourth-order valence-corrected chi connectivity index (χ4v) is 9.64. The molecular weight excluding hydrogens is 873 g/mol. The van der Waals surface area contributed by atoms with Crippen LogP contribution >= 0.6 is 69.9 Å². The molecule has 0 saturated carbocycles. The van der Waals surface area contributed by atoms with E-state index in [9.17, 15) is 28.4 Å². The van der Waals surface area contributed by atoms with Crippen molar-refractivity contribution >= 4 is 86.2 Å². The number of halogens is 3. The quantitative estimate of drug-likeness (QED) is 0.244. The normalized spacial score (nSPS) is 21.1. The lowest BCUT2D eigenvalue weighted by molar-refractivity contribution is 0.103. The van der Waals surface area contributed by atoms with Crippen molar-refractivity contribution in [2.24, 2.45) is 5.92 Å². The summed E-state index contributed by atoms with van der Waals surface area (Å²) in [6.45, 7) is 12.7. The van der Waals surface area contributed by atoms with E-state index < -0.39 is 22.1 Å². The molecule has 1 fully saturated rings. The zero-order chi connectivity index (χ0) is 35.6. The van der Waals surface area contributed by atoms with Gasteiger partial charge in [0.25, 0.3) is 0 Å². The molecule has 4 heterocycles. The van der Waals surface area contributed by atoms with Crippen LogP contribution in [0.4, 0.5) is 0 Å². The van der Waals surface area contributed by atoms with Crippen molar-refractivity contribution in [1.82, 2.24) is 29.7 Å². The molecule has 3 aromatic heterocycles. The summed E-state index contributed by atoms with van der Waals surface area (Å²) in [6, 6.07) is 10.4. The predicted octanol–water partition coefficient (Wildman–Crippen LogP) is 4.58. The summed E-state index contributed by atoms with van der Waals surface area (Å²) in [6.07, 6.45) is 0. The topological polar surface area (TPSA) is 160 Å². The van der Waals surface area contributed by atoms with Crippen LogP contribution in [0.2, 0.25) is 0 Å². The largest absolute Gasteiger partial charge is 0.340 e. The van der Waals surface area contributed by atoms with Gasteiger partial charge < -0.3 is 14.7 Å². The van der Waals surface area contributed by atoms with E-state index in [0.717, 1.165) is 0 Å². The first kappa shape index (κ1) is 40.1. The van der Waals surface area contributed by atoms with Crippen molar-refractivity contribution in [3.63, 3.8) is 0 Å². The van der Waals surface area contributed by atoms with Crippen molar-refractivity contribution in [2.75, 3.05) is 52.7 Å². The van der Waals surface area contributed by atoms with Gasteiger partial charge in [0.2, 0.25) is 22.1 Å². The first-order valence-corrected chi connectivity index (χ1v) is 24.0. The standard InChI is InChI=1S/C30H42Br3N6O6P3/c1-20(2)27-19-38(17-25-11-22(32)14-29(35-25)47(4,42)43)7-6-37(16-24-10-21(31)13-28(34-24)46(3,40)41)8-9-39(27)18-26-12-23(33)15-30(36-26)48(5,44)45/h10-15,20,27H,6-9,16-19H2,1-5H3,(H,40,41)(H,42,43)(H,44,45)/t27-/m0/s1. The Kier molecular flexibility index (Phi) is 13.7. The molecule has 0 radical (unpaired) electrons. The lowest BCUT2D eigenvalue weighted by Gasteiger charge is -2.37. The Bertz CT molecular complexity index is 1770. The van der Waals surface area contributed by atoms with Crippen LogP contribution in [0.5, 0.6) is 0 Å². The van der Waals surface area contributed by atoms with Crippen molar-refractivity contribution in [2.45, 2.75) is 39.5 Å². The SMILES string of the molecule is CC(C)[C@@H]1CN(Cc2cc(Br)cc(P(C)(=O)O)n2)CCN(Cc2cc(Br)cc(P(C)(=O)O)n2)CCN1Cc1cc(Br)cc(P(C)(=O)O)n1. The van der Waals surface area contributed by atoms with Crippen molar-refractivity contribution in [1.29, 1.82) is 0 Å². The number of rotatable bonds is 10. The molecule has 0 aromatic carbocycles. The van der Waals surface area contributed by atoms with Crippen LogP contribution in [0.1, 0.15) is 30.9 Å². The first-order valence-electron chi connectivity index (χ1n) is 15.3. The van der Waals surface area contributed by atoms with E-state index in [4.69, 9.17) is 0 Å². The maximum Gasteiger partial charge on any atom is 0.244 e. The van der Waals surface area contributed by atoms with Gasteiger partial charge in [-0.15, -0.1) is 0 Å². The maximum atomic E-state index is 12.5. The molecule has 0 bridgehead atoms. The van der Waals surface area contributed by atoms with Crippen molar-refractivity contribution in [3.8, 4) is 0 Å². The summed E-state index contributed by atoms with van der Waals surface area (Å²) in [5, 5.41) is 0. The van der Waals surface area contributed by atoms with Crippen LogP contribution in [0.25, 0.3) is 0 Å². The van der Waals surface area contributed by atoms with E-state index in [2.05, 4.69) is 91.3 Å². The molecule has 1 aliphatic heterocycles. The summed E-state index contributed by atoms with van der Waals surface area (Å²) in [7, 11) is -10.8. The van der Waals surface area contributed by atoms with E-state index in [1.807, 2.05) is 18.2 Å². The van der Waals surface area contributed by atoms with Gasteiger partial charge in [-0.05, 0) is 42.3 Å². The molecule has 12 nitrogen and oxygen atoms in total. The number of nitrogens with zero attached hydrogens (tertiary/aromatic N) is 6. The van der Waals surface area contributed by atoms with Crippen molar-refractivity contribution in [3.05, 3.63) is 66.9 Å². The van der Waals surface area contributed by atoms with Crippen LogP contribution in [-0.2, 0) is 33.3 Å². The third-order valence-electron chi connectivity index (χ3n) is 8.02. The third kappa shape index (κ3) is 11.7. The van der Waals surface area contributed by atoms with Gasteiger partial charge in [0.15, 0.2) is 0 Å². The molecule has 48 heavy (non-hydrogen) atoms. The Morgan fingerprint density at radius 1 is 0.646 bits per heavy atom. The molecule has 1 saturated heterocycles. The number of hydrogen-bond donors (Lipinski definition) is 3. The Morgan fingerprint density at radius 3 is 1.40 bits per heavy atom.